The fourth-order valence-corrected chi connectivity index (χ4v) is 3.68. The van der Waals surface area contributed by atoms with E-state index in [1.807, 2.05) is 34.8 Å². The van der Waals surface area contributed by atoms with Gasteiger partial charge in [-0.15, -0.1) is 0 Å². The smallest absolute Gasteiger partial charge is 0.270 e. The Bertz CT molecular complexity index is 568. The third-order valence-electron chi connectivity index (χ3n) is 4.98. The number of nitrogens with one attached hydrogen (secondary N) is 1. The first-order valence-electron chi connectivity index (χ1n) is 7.92. The number of carbonyl (C=O) groups excluding carboxylic acids is 2. The topological polar surface area (TPSA) is 57.6 Å². The summed E-state index contributed by atoms with van der Waals surface area (Å²) in [6.07, 6.45) is 2.97. The van der Waals surface area contributed by atoms with Gasteiger partial charge in [0.15, 0.2) is 0 Å². The second-order valence-electron chi connectivity index (χ2n) is 6.43. The maximum absolute atomic E-state index is 12.6. The molecule has 2 aliphatic heterocycles. The first-order chi connectivity index (χ1) is 10.6. The van der Waals surface area contributed by atoms with Crippen LogP contribution >= 0.6 is 0 Å². The van der Waals surface area contributed by atoms with E-state index in [4.69, 9.17) is 0 Å². The highest BCUT2D eigenvalue weighted by atomic mass is 16.2. The van der Waals surface area contributed by atoms with Gasteiger partial charge in [-0.2, -0.15) is 0 Å². The van der Waals surface area contributed by atoms with Crippen molar-refractivity contribution in [3.8, 4) is 0 Å². The minimum Gasteiger partial charge on any atom is -0.358 e. The van der Waals surface area contributed by atoms with E-state index >= 15 is 0 Å². The molecule has 2 aliphatic rings. The van der Waals surface area contributed by atoms with E-state index in [1.54, 1.807) is 7.05 Å². The van der Waals surface area contributed by atoms with E-state index in [1.165, 1.54) is 0 Å². The number of likely N-dealkylation sites (N-methyl/N-ethyl adjacent to an activating group) is 1. The summed E-state index contributed by atoms with van der Waals surface area (Å²) in [7, 11) is 3.58. The zero-order valence-electron chi connectivity index (χ0n) is 13.3. The van der Waals surface area contributed by atoms with E-state index in [-0.39, 0.29) is 11.8 Å². The molecule has 120 valence electrons. The number of likely N-dealkylation sites (tertiary alicyclic amines) is 2. The lowest BCUT2D eigenvalue weighted by Crippen LogP contribution is -2.44. The summed E-state index contributed by atoms with van der Waals surface area (Å²) in [6, 6.07) is 3.78. The molecule has 1 aromatic rings. The van der Waals surface area contributed by atoms with Gasteiger partial charge in [-0.05, 0) is 36.9 Å². The van der Waals surface area contributed by atoms with Crippen LogP contribution in [0.5, 0.6) is 0 Å². The molecule has 1 aromatic heterocycles. The van der Waals surface area contributed by atoms with Gasteiger partial charge in [0.25, 0.3) is 5.91 Å². The lowest BCUT2D eigenvalue weighted by Gasteiger charge is -2.33. The Morgan fingerprint density at radius 3 is 2.73 bits per heavy atom. The van der Waals surface area contributed by atoms with Crippen LogP contribution in [0.1, 0.15) is 16.9 Å². The van der Waals surface area contributed by atoms with Crippen LogP contribution in [-0.2, 0) is 11.8 Å². The fourth-order valence-electron chi connectivity index (χ4n) is 3.68. The van der Waals surface area contributed by atoms with Crippen LogP contribution in [0, 0.1) is 11.8 Å². The number of rotatable bonds is 3. The monoisotopic (exact) mass is 304 g/mol. The summed E-state index contributed by atoms with van der Waals surface area (Å²) in [5.41, 5.74) is 0.751. The number of aromatic nitrogens is 1. The summed E-state index contributed by atoms with van der Waals surface area (Å²) in [4.78, 5) is 28.3. The van der Waals surface area contributed by atoms with Gasteiger partial charge in [-0.3, -0.25) is 14.5 Å². The van der Waals surface area contributed by atoms with E-state index in [0.717, 1.165) is 38.3 Å². The molecular weight excluding hydrogens is 280 g/mol. The molecule has 1 N–H and O–H groups in total. The van der Waals surface area contributed by atoms with E-state index in [9.17, 15) is 9.59 Å². The van der Waals surface area contributed by atoms with Crippen LogP contribution in [0.15, 0.2) is 18.3 Å². The van der Waals surface area contributed by atoms with Crippen LogP contribution in [0.25, 0.3) is 0 Å². The van der Waals surface area contributed by atoms with E-state index in [0.29, 0.717) is 18.4 Å². The summed E-state index contributed by atoms with van der Waals surface area (Å²) in [5.74, 6) is 1.25. The molecule has 0 aliphatic carbocycles. The second-order valence-corrected chi connectivity index (χ2v) is 6.43. The quantitative estimate of drug-likeness (QED) is 0.866. The van der Waals surface area contributed by atoms with Gasteiger partial charge in [0.1, 0.15) is 5.69 Å². The molecule has 6 nitrogen and oxygen atoms in total. The Kier molecular flexibility index (Phi) is 4.20. The fraction of sp³-hybridized carbons (Fsp3) is 0.625. The van der Waals surface area contributed by atoms with Gasteiger partial charge < -0.3 is 14.8 Å². The molecule has 2 amide bonds. The first-order valence-corrected chi connectivity index (χ1v) is 7.92. The van der Waals surface area contributed by atoms with Gasteiger partial charge in [0, 0.05) is 39.9 Å². The standard InChI is InChI=1S/C16H24N4O2/c1-17-15(21)11-19-7-5-12-9-20(10-13(12)8-19)16(22)14-4-3-6-18(14)2/h3-4,6,12-13H,5,7-11H2,1-2H3,(H,17,21)/t12-,13+/m0/s1. The molecule has 0 radical (unpaired) electrons. The second kappa shape index (κ2) is 6.12. The molecule has 22 heavy (non-hydrogen) atoms. The summed E-state index contributed by atoms with van der Waals surface area (Å²) >= 11 is 0. The van der Waals surface area contributed by atoms with Crippen molar-refractivity contribution in [1.82, 2.24) is 19.7 Å². The number of carbonyl (C=O) groups is 2. The Morgan fingerprint density at radius 1 is 1.27 bits per heavy atom. The van der Waals surface area contributed by atoms with Crippen molar-refractivity contribution in [3.63, 3.8) is 0 Å². The highest BCUT2D eigenvalue weighted by molar-refractivity contribution is 5.93. The molecule has 0 bridgehead atoms. The largest absolute Gasteiger partial charge is 0.358 e. The number of amides is 2. The van der Waals surface area contributed by atoms with Crippen LogP contribution in [0.4, 0.5) is 0 Å². The maximum Gasteiger partial charge on any atom is 0.270 e. The van der Waals surface area contributed by atoms with Crippen molar-refractivity contribution in [2.45, 2.75) is 6.42 Å². The van der Waals surface area contributed by atoms with Gasteiger partial charge >= 0.3 is 0 Å². The number of hydrogen-bond acceptors (Lipinski definition) is 3. The van der Waals surface area contributed by atoms with Gasteiger partial charge in [-0.25, -0.2) is 0 Å². The lowest BCUT2D eigenvalue weighted by atomic mass is 9.89. The van der Waals surface area contributed by atoms with Crippen LogP contribution in [0.2, 0.25) is 0 Å². The average Bonchev–Trinajstić information content (AvgIpc) is 3.12. The SMILES string of the molecule is CNC(=O)CN1CC[C@H]2CN(C(=O)c3cccn3C)C[C@H]2C1. The van der Waals surface area contributed by atoms with Crippen molar-refractivity contribution in [3.05, 3.63) is 24.0 Å². The molecule has 0 saturated carbocycles. The van der Waals surface area contributed by atoms with Gasteiger partial charge in [0.05, 0.1) is 6.54 Å². The minimum atomic E-state index is 0.0631. The van der Waals surface area contributed by atoms with Crippen molar-refractivity contribution in [1.29, 1.82) is 0 Å². The number of hydrogen-bond donors (Lipinski definition) is 1. The van der Waals surface area contributed by atoms with Crippen molar-refractivity contribution >= 4 is 11.8 Å². The third-order valence-corrected chi connectivity index (χ3v) is 4.98. The predicted octanol–water partition coefficient (Wildman–Crippen LogP) is 0.165. The molecule has 3 rings (SSSR count). The van der Waals surface area contributed by atoms with Crippen molar-refractivity contribution in [2.75, 3.05) is 39.8 Å². The molecule has 2 fully saturated rings. The first kappa shape index (κ1) is 15.1. The Hall–Kier alpha value is -1.82. The zero-order chi connectivity index (χ0) is 15.7. The number of fused-ring (bicyclic) bond motifs is 1. The molecule has 6 heteroatoms. The Balaban J connectivity index is 1.61. The van der Waals surface area contributed by atoms with Crippen molar-refractivity contribution < 1.29 is 9.59 Å². The molecule has 0 spiro atoms. The molecule has 3 heterocycles. The van der Waals surface area contributed by atoms with Crippen LogP contribution < -0.4 is 5.32 Å². The predicted molar refractivity (Wildman–Crippen MR) is 83.4 cm³/mol. The highest BCUT2D eigenvalue weighted by Crippen LogP contribution is 2.31. The molecule has 0 unspecified atom stereocenters. The summed E-state index contributed by atoms with van der Waals surface area (Å²) in [6.45, 7) is 3.97. The van der Waals surface area contributed by atoms with Gasteiger partial charge in [-0.1, -0.05) is 0 Å². The normalized spacial score (nSPS) is 25.1. The minimum absolute atomic E-state index is 0.0631. The number of piperidine rings is 1. The molecule has 0 aromatic carbocycles. The van der Waals surface area contributed by atoms with Gasteiger partial charge in [0.2, 0.25) is 5.91 Å². The Morgan fingerprint density at radius 2 is 2.05 bits per heavy atom. The van der Waals surface area contributed by atoms with Crippen molar-refractivity contribution in [2.24, 2.45) is 18.9 Å². The third kappa shape index (κ3) is 2.88. The summed E-state index contributed by atoms with van der Waals surface area (Å²) < 4.78 is 1.88. The highest BCUT2D eigenvalue weighted by Gasteiger charge is 2.39. The van der Waals surface area contributed by atoms with E-state index in [2.05, 4.69) is 10.2 Å². The maximum atomic E-state index is 12.6. The lowest BCUT2D eigenvalue weighted by molar-refractivity contribution is -0.122. The van der Waals surface area contributed by atoms with Crippen LogP contribution in [0.3, 0.4) is 0 Å². The summed E-state index contributed by atoms with van der Waals surface area (Å²) in [5, 5.41) is 2.68. The molecule has 2 atom stereocenters. The zero-order valence-corrected chi connectivity index (χ0v) is 13.3. The number of nitrogens with zero attached hydrogens (tertiary/aromatic N) is 3. The van der Waals surface area contributed by atoms with E-state index < -0.39 is 0 Å². The van der Waals surface area contributed by atoms with Crippen LogP contribution in [-0.4, -0.2) is 66.0 Å². The molecular formula is C16H24N4O2. The average molecular weight is 304 g/mol. The Labute approximate surface area is 131 Å². The molecule has 2 saturated heterocycles. The number of aryl methyl sites for hydroxylation is 1.